The van der Waals surface area contributed by atoms with Crippen LogP contribution in [0.3, 0.4) is 0 Å². The van der Waals surface area contributed by atoms with Gasteiger partial charge in [0.05, 0.1) is 16.6 Å². The molecule has 9 nitrogen and oxygen atoms in total. The summed E-state index contributed by atoms with van der Waals surface area (Å²) in [5.41, 5.74) is 17.9. The molecule has 1 unspecified atom stereocenters. The van der Waals surface area contributed by atoms with E-state index in [1.807, 2.05) is 72.8 Å². The van der Waals surface area contributed by atoms with Crippen LogP contribution in [0.5, 0.6) is 0 Å². The summed E-state index contributed by atoms with van der Waals surface area (Å²) in [6.45, 7) is 8.93. The number of aromatic nitrogens is 6. The summed E-state index contributed by atoms with van der Waals surface area (Å²) in [5.74, 6) is 0. The largest absolute Gasteiger partial charge is 0.384 e. The van der Waals surface area contributed by atoms with Crippen molar-refractivity contribution in [3.05, 3.63) is 246 Å². The molecule has 0 fully saturated rings. The minimum absolute atomic E-state index is 0.729. The average Bonchev–Trinajstić information content (AvgIpc) is 4.37. The van der Waals surface area contributed by atoms with Crippen molar-refractivity contribution in [2.24, 2.45) is 0 Å². The number of para-hydroxylation sites is 2. The van der Waals surface area contributed by atoms with E-state index in [-0.39, 0.29) is 0 Å². The van der Waals surface area contributed by atoms with Crippen LogP contribution in [-0.2, 0) is 19.6 Å². The second kappa shape index (κ2) is 19.1. The lowest BCUT2D eigenvalue weighted by Crippen LogP contribution is -2.02. The summed E-state index contributed by atoms with van der Waals surface area (Å²) >= 11 is 0. The Labute approximate surface area is 466 Å². The van der Waals surface area contributed by atoms with E-state index in [4.69, 9.17) is 9.97 Å². The van der Waals surface area contributed by atoms with Crippen LogP contribution < -0.4 is 0 Å². The zero-order valence-electron chi connectivity index (χ0n) is 45.1. The van der Waals surface area contributed by atoms with Gasteiger partial charge in [-0.2, -0.15) is 0 Å². The van der Waals surface area contributed by atoms with E-state index < -0.39 is 18.3 Å². The minimum Gasteiger partial charge on any atom is -0.384 e. The highest BCUT2D eigenvalue weighted by molar-refractivity contribution is 6.13. The molecule has 0 aliphatic rings. The van der Waals surface area contributed by atoms with Crippen molar-refractivity contribution >= 4 is 98.1 Å². The molecule has 0 aliphatic heterocycles. The number of aliphatic hydroxyl groups excluding tert-OH is 3. The molecule has 0 aliphatic carbocycles. The molecule has 0 amide bonds. The highest BCUT2D eigenvalue weighted by Gasteiger charge is 2.24. The van der Waals surface area contributed by atoms with Gasteiger partial charge < -0.3 is 29.0 Å². The Balaban J connectivity index is 0.785. The van der Waals surface area contributed by atoms with E-state index in [1.165, 1.54) is 10.9 Å². The quantitative estimate of drug-likeness (QED) is 0.119. The molecule has 9 heteroatoms. The van der Waals surface area contributed by atoms with Gasteiger partial charge in [0.15, 0.2) is 0 Å². The van der Waals surface area contributed by atoms with Gasteiger partial charge in [0.2, 0.25) is 0 Å². The summed E-state index contributed by atoms with van der Waals surface area (Å²) in [6, 6.07) is 67.0. The standard InChI is InChI=1S/C72H56N6O3/c1-4-76-61-19-8-7-15-50(61)56-39-45(22-31-62(56)76)71(80)54-27-25-48(51-17-11-35-74-68(51)54)44-21-30-64-58(38-44)60-41-47(24-33-66(60)78(64)6-3)72(81)55-28-26-49(52-18-12-36-75-69(52)55)43-20-29-63-57(37-43)59-40-46(23-32-65(59)77(63)5-2)70(79)53-16-9-13-42-14-10-34-73-67(42)53/h7-41,70-72,79-81H,4-6H2,1-3H3/t70-,71?,72+/m0/s1. The number of fused-ring (bicyclic) bond motifs is 12. The molecule has 0 saturated carbocycles. The fourth-order valence-corrected chi connectivity index (χ4v) is 13.4. The Bertz CT molecular complexity index is 5040. The zero-order valence-corrected chi connectivity index (χ0v) is 45.1. The Kier molecular flexibility index (Phi) is 11.5. The predicted octanol–water partition coefficient (Wildman–Crippen LogP) is 16.3. The summed E-state index contributed by atoms with van der Waals surface area (Å²) in [7, 11) is 0. The van der Waals surface area contributed by atoms with E-state index in [0.717, 1.165) is 162 Å². The predicted molar refractivity (Wildman–Crippen MR) is 331 cm³/mol. The summed E-state index contributed by atoms with van der Waals surface area (Å²) in [5, 5.41) is 46.1. The molecule has 0 bridgehead atoms. The van der Waals surface area contributed by atoms with Gasteiger partial charge in [0.1, 0.15) is 18.3 Å². The van der Waals surface area contributed by atoms with Gasteiger partial charge in [0.25, 0.3) is 0 Å². The molecule has 15 aromatic rings. The Morgan fingerprint density at radius 3 is 1.17 bits per heavy atom. The average molecular weight is 1050 g/mol. The molecule has 0 saturated heterocycles. The smallest absolute Gasteiger partial charge is 0.106 e. The van der Waals surface area contributed by atoms with Gasteiger partial charge in [-0.15, -0.1) is 0 Å². The second-order valence-corrected chi connectivity index (χ2v) is 21.4. The van der Waals surface area contributed by atoms with Crippen LogP contribution >= 0.6 is 0 Å². The van der Waals surface area contributed by atoms with Crippen LogP contribution in [0, 0.1) is 0 Å². The SMILES string of the molecule is CCn1c2ccccc2c2cc(C(O)c3ccc(-c4ccc5c(c4)c4cc([C@@H](O)c6ccc(-c7ccc8c(c7)c7cc([C@H](O)c9cccc%10cccnc9%10)ccc7n8CC)c7cccnc67)ccc4n5CC)c4cccnc34)ccc21. The Morgan fingerprint density at radius 2 is 0.691 bits per heavy atom. The molecule has 6 aromatic heterocycles. The number of aliphatic hydroxyl groups is 3. The van der Waals surface area contributed by atoms with Gasteiger partial charge in [0, 0.05) is 136 Å². The fraction of sp³-hybridized carbons (Fsp3) is 0.125. The third kappa shape index (κ3) is 7.53. The summed E-state index contributed by atoms with van der Waals surface area (Å²) in [6.07, 6.45) is 2.68. The third-order valence-electron chi connectivity index (χ3n) is 17.2. The van der Waals surface area contributed by atoms with Gasteiger partial charge in [-0.05, 0) is 145 Å². The zero-order chi connectivity index (χ0) is 54.6. The molecule has 3 N–H and O–H groups in total. The maximum absolute atomic E-state index is 12.6. The fourth-order valence-electron chi connectivity index (χ4n) is 13.4. The summed E-state index contributed by atoms with van der Waals surface area (Å²) < 4.78 is 7.00. The molecule has 0 radical (unpaired) electrons. The molecule has 3 atom stereocenters. The van der Waals surface area contributed by atoms with E-state index in [0.29, 0.717) is 0 Å². The molecular formula is C72H56N6O3. The lowest BCUT2D eigenvalue weighted by molar-refractivity contribution is 0.221. The van der Waals surface area contributed by atoms with Gasteiger partial charge >= 0.3 is 0 Å². The molecule has 81 heavy (non-hydrogen) atoms. The van der Waals surface area contributed by atoms with Crippen molar-refractivity contribution in [2.75, 3.05) is 0 Å². The lowest BCUT2D eigenvalue weighted by atomic mass is 9.92. The number of aryl methyl sites for hydroxylation is 3. The first-order chi connectivity index (χ1) is 39.8. The van der Waals surface area contributed by atoms with Crippen LogP contribution in [0.25, 0.3) is 120 Å². The Hall–Kier alpha value is -9.51. The maximum atomic E-state index is 12.6. The van der Waals surface area contributed by atoms with Crippen LogP contribution in [0.2, 0.25) is 0 Å². The van der Waals surface area contributed by atoms with E-state index in [1.54, 1.807) is 18.6 Å². The van der Waals surface area contributed by atoms with E-state index in [2.05, 4.69) is 161 Å². The highest BCUT2D eigenvalue weighted by atomic mass is 16.3. The molecule has 0 spiro atoms. The first kappa shape index (κ1) is 48.6. The first-order valence-corrected chi connectivity index (χ1v) is 28.1. The lowest BCUT2D eigenvalue weighted by Gasteiger charge is -2.17. The van der Waals surface area contributed by atoms with Crippen molar-refractivity contribution in [1.82, 2.24) is 28.7 Å². The van der Waals surface area contributed by atoms with Crippen LogP contribution in [0.1, 0.15) is 72.5 Å². The van der Waals surface area contributed by atoms with Crippen LogP contribution in [0.15, 0.2) is 213 Å². The topological polar surface area (TPSA) is 114 Å². The number of nitrogens with zero attached hydrogens (tertiary/aromatic N) is 6. The van der Waals surface area contributed by atoms with Crippen molar-refractivity contribution in [2.45, 2.75) is 58.7 Å². The number of benzene rings is 9. The third-order valence-corrected chi connectivity index (χ3v) is 17.2. The molecule has 9 aromatic carbocycles. The van der Waals surface area contributed by atoms with Crippen LogP contribution in [-0.4, -0.2) is 44.0 Å². The minimum atomic E-state index is -0.962. The first-order valence-electron chi connectivity index (χ1n) is 28.1. The molecule has 15 rings (SSSR count). The second-order valence-electron chi connectivity index (χ2n) is 21.4. The van der Waals surface area contributed by atoms with Crippen molar-refractivity contribution in [1.29, 1.82) is 0 Å². The van der Waals surface area contributed by atoms with Gasteiger partial charge in [-0.25, -0.2) is 0 Å². The summed E-state index contributed by atoms with van der Waals surface area (Å²) in [4.78, 5) is 14.5. The normalized spacial score (nSPS) is 13.3. The molecule has 392 valence electrons. The van der Waals surface area contributed by atoms with Crippen molar-refractivity contribution < 1.29 is 15.3 Å². The number of pyridine rings is 3. The number of hydrogen-bond acceptors (Lipinski definition) is 6. The van der Waals surface area contributed by atoms with Crippen molar-refractivity contribution in [3.63, 3.8) is 0 Å². The monoisotopic (exact) mass is 1050 g/mol. The Morgan fingerprint density at radius 1 is 0.321 bits per heavy atom. The van der Waals surface area contributed by atoms with Gasteiger partial charge in [-0.1, -0.05) is 109 Å². The van der Waals surface area contributed by atoms with E-state index >= 15 is 0 Å². The maximum Gasteiger partial charge on any atom is 0.106 e. The highest BCUT2D eigenvalue weighted by Crippen LogP contribution is 2.43. The van der Waals surface area contributed by atoms with E-state index in [9.17, 15) is 15.3 Å². The van der Waals surface area contributed by atoms with Crippen molar-refractivity contribution in [3.8, 4) is 22.3 Å². The van der Waals surface area contributed by atoms with Gasteiger partial charge in [-0.3, -0.25) is 15.0 Å². The molecular weight excluding hydrogens is 997 g/mol. The van der Waals surface area contributed by atoms with Crippen LogP contribution in [0.4, 0.5) is 0 Å². The number of hydrogen-bond donors (Lipinski definition) is 3. The number of rotatable bonds is 11. The molecule has 6 heterocycles.